The second-order valence-electron chi connectivity index (χ2n) is 23.4. The lowest BCUT2D eigenvalue weighted by Crippen LogP contribution is -2.30. The molecule has 0 aliphatic heterocycles. The highest BCUT2D eigenvalue weighted by molar-refractivity contribution is 5.71. The van der Waals surface area contributed by atoms with Crippen LogP contribution in [0.4, 0.5) is 0 Å². The summed E-state index contributed by atoms with van der Waals surface area (Å²) in [5.74, 6) is -0.903. The number of hydrogen-bond donors (Lipinski definition) is 0. The van der Waals surface area contributed by atoms with E-state index < -0.39 is 6.10 Å². The van der Waals surface area contributed by atoms with Gasteiger partial charge in [-0.1, -0.05) is 323 Å². The van der Waals surface area contributed by atoms with E-state index in [1.807, 2.05) is 0 Å². The largest absolute Gasteiger partial charge is 0.462 e. The molecule has 0 spiro atoms. The maximum atomic E-state index is 13.0. The molecule has 0 N–H and O–H groups in total. The van der Waals surface area contributed by atoms with E-state index >= 15 is 0 Å². The molecule has 6 nitrogen and oxygen atoms in total. The first-order valence-corrected chi connectivity index (χ1v) is 35.2. The van der Waals surface area contributed by atoms with E-state index in [2.05, 4.69) is 118 Å². The fourth-order valence-electron chi connectivity index (χ4n) is 10.1. The van der Waals surface area contributed by atoms with Gasteiger partial charge in [0.15, 0.2) is 6.10 Å². The van der Waals surface area contributed by atoms with Crippen LogP contribution >= 0.6 is 0 Å². The molecule has 0 bridgehead atoms. The monoisotopic (exact) mass is 1140 g/mol. The van der Waals surface area contributed by atoms with Crippen LogP contribution < -0.4 is 0 Å². The van der Waals surface area contributed by atoms with Crippen molar-refractivity contribution in [2.24, 2.45) is 0 Å². The van der Waals surface area contributed by atoms with E-state index in [4.69, 9.17) is 14.2 Å². The molecule has 0 radical (unpaired) electrons. The molecule has 1 atom stereocenters. The zero-order chi connectivity index (χ0) is 59.2. The number of unbranched alkanes of at least 4 members (excludes halogenated alkanes) is 37. The first-order chi connectivity index (χ1) is 40.5. The zero-order valence-corrected chi connectivity index (χ0v) is 54.2. The van der Waals surface area contributed by atoms with Crippen LogP contribution in [-0.4, -0.2) is 37.2 Å². The molecular weight excluding hydrogens is 1010 g/mol. The Labute approximate surface area is 508 Å². The fraction of sp³-hybridized carbons (Fsp3) is 0.750. The standard InChI is InChI=1S/C76H132O6/c1-4-7-10-13-16-19-22-25-28-31-33-35-37-38-40-41-43-45-48-51-54-57-60-63-66-69-75(78)81-72-73(71-80-74(77)68-65-62-59-56-53-50-47-30-27-24-21-18-15-12-9-6-3)82-76(79)70-67-64-61-58-55-52-49-46-44-42-39-36-34-32-29-26-23-20-17-14-11-8-5-2/h7,10,16,19,25,28,32-35,38,40,43,45,51,54,73H,4-6,8-9,11-15,17-18,20-24,26-27,29-31,36-37,39,41-42,44,46-50,52-53,55-72H2,1-3H3/b10-7-,19-16-,28-25-,34-32-,35-33-,40-38-,45-43-,54-51-. The summed E-state index contributed by atoms with van der Waals surface area (Å²) in [7, 11) is 0. The highest BCUT2D eigenvalue weighted by Gasteiger charge is 2.19. The molecule has 0 amide bonds. The van der Waals surface area contributed by atoms with Crippen LogP contribution in [0.25, 0.3) is 0 Å². The maximum absolute atomic E-state index is 13.0. The average molecular weight is 1140 g/mol. The van der Waals surface area contributed by atoms with Gasteiger partial charge in [0, 0.05) is 19.3 Å². The van der Waals surface area contributed by atoms with Gasteiger partial charge in [-0.3, -0.25) is 14.4 Å². The molecule has 472 valence electrons. The Morgan fingerprint density at radius 2 is 0.476 bits per heavy atom. The third-order valence-electron chi connectivity index (χ3n) is 15.3. The third kappa shape index (κ3) is 67.1. The van der Waals surface area contributed by atoms with Crippen molar-refractivity contribution >= 4 is 17.9 Å². The van der Waals surface area contributed by atoms with Gasteiger partial charge in [0.2, 0.25) is 0 Å². The van der Waals surface area contributed by atoms with Crippen molar-refractivity contribution in [2.45, 2.75) is 354 Å². The van der Waals surface area contributed by atoms with Gasteiger partial charge in [-0.2, -0.15) is 0 Å². The summed E-state index contributed by atoms with van der Waals surface area (Å²) in [5.41, 5.74) is 0. The van der Waals surface area contributed by atoms with Gasteiger partial charge in [0.25, 0.3) is 0 Å². The Balaban J connectivity index is 4.41. The van der Waals surface area contributed by atoms with E-state index in [1.54, 1.807) is 0 Å². The molecule has 0 fully saturated rings. The van der Waals surface area contributed by atoms with Crippen molar-refractivity contribution < 1.29 is 28.6 Å². The van der Waals surface area contributed by atoms with E-state index in [-0.39, 0.29) is 31.1 Å². The molecule has 0 aliphatic rings. The van der Waals surface area contributed by atoms with E-state index in [0.717, 1.165) is 109 Å². The predicted octanol–water partition coefficient (Wildman–Crippen LogP) is 24.4. The predicted molar refractivity (Wildman–Crippen MR) is 357 cm³/mol. The van der Waals surface area contributed by atoms with Crippen molar-refractivity contribution in [1.82, 2.24) is 0 Å². The molecule has 0 aromatic heterocycles. The van der Waals surface area contributed by atoms with Crippen LogP contribution in [0.5, 0.6) is 0 Å². The topological polar surface area (TPSA) is 78.9 Å². The van der Waals surface area contributed by atoms with E-state index in [0.29, 0.717) is 19.3 Å². The number of hydrogen-bond acceptors (Lipinski definition) is 6. The summed E-state index contributed by atoms with van der Waals surface area (Å²) in [6.45, 7) is 6.55. The molecule has 82 heavy (non-hydrogen) atoms. The molecule has 0 aliphatic carbocycles. The van der Waals surface area contributed by atoms with Gasteiger partial charge >= 0.3 is 17.9 Å². The van der Waals surface area contributed by atoms with Crippen molar-refractivity contribution in [3.63, 3.8) is 0 Å². The minimum absolute atomic E-state index is 0.0853. The van der Waals surface area contributed by atoms with Crippen LogP contribution in [0.1, 0.15) is 348 Å². The van der Waals surface area contributed by atoms with Crippen molar-refractivity contribution in [3.8, 4) is 0 Å². The minimum Gasteiger partial charge on any atom is -0.462 e. The Morgan fingerprint density at radius 1 is 0.256 bits per heavy atom. The highest BCUT2D eigenvalue weighted by atomic mass is 16.6. The molecule has 0 rings (SSSR count). The lowest BCUT2D eigenvalue weighted by atomic mass is 10.0. The molecule has 0 heterocycles. The average Bonchev–Trinajstić information content (AvgIpc) is 3.47. The Morgan fingerprint density at radius 3 is 0.768 bits per heavy atom. The Bertz CT molecular complexity index is 1590. The van der Waals surface area contributed by atoms with Gasteiger partial charge in [0.1, 0.15) is 13.2 Å². The summed E-state index contributed by atoms with van der Waals surface area (Å²) in [6.07, 6.45) is 94.2. The molecular formula is C76H132O6. The first-order valence-electron chi connectivity index (χ1n) is 35.2. The molecule has 6 heteroatoms. The normalized spacial score (nSPS) is 12.7. The summed E-state index contributed by atoms with van der Waals surface area (Å²) >= 11 is 0. The van der Waals surface area contributed by atoms with Gasteiger partial charge < -0.3 is 14.2 Å². The van der Waals surface area contributed by atoms with Crippen molar-refractivity contribution in [1.29, 1.82) is 0 Å². The van der Waals surface area contributed by atoms with Crippen LogP contribution in [0.15, 0.2) is 97.2 Å². The number of rotatable bonds is 64. The molecule has 0 saturated heterocycles. The van der Waals surface area contributed by atoms with Crippen LogP contribution in [0.3, 0.4) is 0 Å². The summed E-state index contributed by atoms with van der Waals surface area (Å²) in [4.78, 5) is 38.5. The van der Waals surface area contributed by atoms with Crippen molar-refractivity contribution in [2.75, 3.05) is 13.2 Å². The quantitative estimate of drug-likeness (QED) is 0.0261. The number of allylic oxidation sites excluding steroid dienone is 16. The van der Waals surface area contributed by atoms with E-state index in [9.17, 15) is 14.4 Å². The number of carbonyl (C=O) groups excluding carboxylic acids is 3. The lowest BCUT2D eigenvalue weighted by Gasteiger charge is -2.18. The fourth-order valence-corrected chi connectivity index (χ4v) is 10.1. The number of ether oxygens (including phenoxy) is 3. The zero-order valence-electron chi connectivity index (χ0n) is 54.2. The van der Waals surface area contributed by atoms with Gasteiger partial charge in [-0.05, 0) is 103 Å². The van der Waals surface area contributed by atoms with Crippen molar-refractivity contribution in [3.05, 3.63) is 97.2 Å². The number of carbonyl (C=O) groups is 3. The molecule has 0 aromatic rings. The Kier molecular flexibility index (Phi) is 66.7. The second-order valence-corrected chi connectivity index (χ2v) is 23.4. The highest BCUT2D eigenvalue weighted by Crippen LogP contribution is 2.17. The molecule has 1 unspecified atom stereocenters. The third-order valence-corrected chi connectivity index (χ3v) is 15.3. The minimum atomic E-state index is -0.793. The molecule has 0 aromatic carbocycles. The molecule has 0 saturated carbocycles. The number of esters is 3. The van der Waals surface area contributed by atoms with Gasteiger partial charge in [-0.15, -0.1) is 0 Å². The summed E-state index contributed by atoms with van der Waals surface area (Å²) in [5, 5.41) is 0. The Hall–Kier alpha value is -3.67. The SMILES string of the molecule is CC/C=C\C/C=C\C/C=C\C/C=C\C/C=C\C/C=C\C/C=C\CCCCCC(=O)OCC(COC(=O)CCCCCCCCCCCCCCCCCC)OC(=O)CCCCCCCCCCCCC/C=C\CCCCCCCCCC. The lowest BCUT2D eigenvalue weighted by molar-refractivity contribution is -0.167. The maximum Gasteiger partial charge on any atom is 0.306 e. The summed E-state index contributed by atoms with van der Waals surface area (Å²) < 4.78 is 17.0. The van der Waals surface area contributed by atoms with Crippen LogP contribution in [-0.2, 0) is 28.6 Å². The summed E-state index contributed by atoms with van der Waals surface area (Å²) in [6, 6.07) is 0. The second kappa shape index (κ2) is 69.8. The first kappa shape index (κ1) is 78.3. The smallest absolute Gasteiger partial charge is 0.306 e. The van der Waals surface area contributed by atoms with Crippen LogP contribution in [0.2, 0.25) is 0 Å². The van der Waals surface area contributed by atoms with Gasteiger partial charge in [0.05, 0.1) is 0 Å². The van der Waals surface area contributed by atoms with Gasteiger partial charge in [-0.25, -0.2) is 0 Å². The van der Waals surface area contributed by atoms with E-state index in [1.165, 1.54) is 199 Å². The van der Waals surface area contributed by atoms with Crippen LogP contribution in [0, 0.1) is 0 Å².